The molecule has 138 valence electrons. The Hall–Kier alpha value is -3.33. The summed E-state index contributed by atoms with van der Waals surface area (Å²) in [5.74, 6) is 0.152. The van der Waals surface area contributed by atoms with Crippen LogP contribution in [0.2, 0.25) is 0 Å². The fourth-order valence-corrected chi connectivity index (χ4v) is 4.34. The van der Waals surface area contributed by atoms with Gasteiger partial charge in [-0.25, -0.2) is 0 Å². The number of benzene rings is 3. The number of amides is 1. The lowest BCUT2D eigenvalue weighted by molar-refractivity contribution is -0.121. The minimum atomic E-state index is -0.217. The highest BCUT2D eigenvalue weighted by Gasteiger charge is 2.33. The summed E-state index contributed by atoms with van der Waals surface area (Å²) < 4.78 is 2.24. The SMILES string of the molecule is CCC1C(=O)N(Cc2ccccc2)c2ccccc2-c2cc3ccccc3n21. The third-order valence-electron chi connectivity index (χ3n) is 5.65. The Balaban J connectivity index is 1.75. The number of para-hydroxylation sites is 2. The lowest BCUT2D eigenvalue weighted by Crippen LogP contribution is -2.35. The Kier molecular flexibility index (Phi) is 4.01. The van der Waals surface area contributed by atoms with Gasteiger partial charge in [0.05, 0.1) is 17.9 Å². The summed E-state index contributed by atoms with van der Waals surface area (Å²) in [6, 6.07) is 28.8. The smallest absolute Gasteiger partial charge is 0.250 e. The van der Waals surface area contributed by atoms with E-state index in [9.17, 15) is 4.79 Å². The zero-order valence-corrected chi connectivity index (χ0v) is 15.9. The third kappa shape index (κ3) is 2.55. The van der Waals surface area contributed by atoms with Crippen molar-refractivity contribution < 1.29 is 4.79 Å². The molecule has 0 spiro atoms. The van der Waals surface area contributed by atoms with Crippen LogP contribution in [-0.4, -0.2) is 10.5 Å². The topological polar surface area (TPSA) is 25.2 Å². The van der Waals surface area contributed by atoms with Gasteiger partial charge in [0.25, 0.3) is 0 Å². The first-order chi connectivity index (χ1) is 13.8. The Morgan fingerprint density at radius 1 is 0.857 bits per heavy atom. The van der Waals surface area contributed by atoms with Crippen LogP contribution in [0.5, 0.6) is 0 Å². The highest BCUT2D eigenvalue weighted by atomic mass is 16.2. The highest BCUT2D eigenvalue weighted by Crippen LogP contribution is 2.42. The molecule has 0 radical (unpaired) electrons. The molecule has 0 N–H and O–H groups in total. The predicted molar refractivity (Wildman–Crippen MR) is 114 cm³/mol. The van der Waals surface area contributed by atoms with Crippen molar-refractivity contribution in [2.45, 2.75) is 25.9 Å². The highest BCUT2D eigenvalue weighted by molar-refractivity contribution is 6.04. The molecule has 0 fully saturated rings. The van der Waals surface area contributed by atoms with E-state index in [2.05, 4.69) is 66.1 Å². The molecule has 1 amide bonds. The Morgan fingerprint density at radius 2 is 1.57 bits per heavy atom. The van der Waals surface area contributed by atoms with Gasteiger partial charge in [-0.15, -0.1) is 0 Å². The van der Waals surface area contributed by atoms with Gasteiger partial charge in [0.2, 0.25) is 5.91 Å². The fourth-order valence-electron chi connectivity index (χ4n) is 4.34. The number of hydrogen-bond donors (Lipinski definition) is 0. The summed E-state index contributed by atoms with van der Waals surface area (Å²) in [7, 11) is 0. The van der Waals surface area contributed by atoms with E-state index in [1.54, 1.807) is 0 Å². The van der Waals surface area contributed by atoms with Gasteiger partial charge in [0, 0.05) is 16.5 Å². The third-order valence-corrected chi connectivity index (χ3v) is 5.65. The lowest BCUT2D eigenvalue weighted by atomic mass is 10.1. The van der Waals surface area contributed by atoms with Gasteiger partial charge in [-0.3, -0.25) is 4.79 Å². The monoisotopic (exact) mass is 366 g/mol. The number of rotatable bonds is 3. The van der Waals surface area contributed by atoms with E-state index in [1.165, 1.54) is 5.39 Å². The van der Waals surface area contributed by atoms with Gasteiger partial charge < -0.3 is 9.47 Å². The van der Waals surface area contributed by atoms with E-state index >= 15 is 0 Å². The van der Waals surface area contributed by atoms with Crippen molar-refractivity contribution in [1.29, 1.82) is 0 Å². The van der Waals surface area contributed by atoms with Crippen LogP contribution >= 0.6 is 0 Å². The number of fused-ring (bicyclic) bond motifs is 5. The molecular weight excluding hydrogens is 344 g/mol. The number of carbonyl (C=O) groups is 1. The summed E-state index contributed by atoms with van der Waals surface area (Å²) in [6.45, 7) is 2.67. The molecule has 0 bridgehead atoms. The van der Waals surface area contributed by atoms with Gasteiger partial charge in [-0.05, 0) is 30.2 Å². The molecule has 4 aromatic rings. The Morgan fingerprint density at radius 3 is 2.39 bits per heavy atom. The molecule has 2 heterocycles. The van der Waals surface area contributed by atoms with E-state index in [1.807, 2.05) is 35.2 Å². The van der Waals surface area contributed by atoms with Crippen molar-refractivity contribution in [3.63, 3.8) is 0 Å². The molecule has 0 saturated heterocycles. The van der Waals surface area contributed by atoms with Crippen LogP contribution in [0.25, 0.3) is 22.2 Å². The number of hydrogen-bond acceptors (Lipinski definition) is 1. The molecule has 1 aliphatic rings. The second-order valence-electron chi connectivity index (χ2n) is 7.31. The van der Waals surface area contributed by atoms with Crippen LogP contribution in [0, 0.1) is 0 Å². The molecule has 1 aromatic heterocycles. The molecule has 3 aromatic carbocycles. The van der Waals surface area contributed by atoms with E-state index < -0.39 is 0 Å². The second-order valence-corrected chi connectivity index (χ2v) is 7.31. The molecule has 3 heteroatoms. The lowest BCUT2D eigenvalue weighted by Gasteiger charge is -2.26. The number of aromatic nitrogens is 1. The molecule has 0 saturated carbocycles. The average Bonchev–Trinajstić information content (AvgIpc) is 3.09. The number of carbonyl (C=O) groups excluding carboxylic acids is 1. The standard InChI is InChI=1S/C25H22N2O/c1-2-21-25(28)26(17-18-10-4-3-5-11-18)23-15-9-7-13-20(23)24-16-19-12-6-8-14-22(19)27(21)24/h3-16,21H,2,17H2,1H3. The minimum Gasteiger partial charge on any atom is -0.328 e. The molecule has 1 aliphatic heterocycles. The first-order valence-corrected chi connectivity index (χ1v) is 9.82. The van der Waals surface area contributed by atoms with Gasteiger partial charge >= 0.3 is 0 Å². The van der Waals surface area contributed by atoms with Gasteiger partial charge in [-0.2, -0.15) is 0 Å². The van der Waals surface area contributed by atoms with E-state index in [-0.39, 0.29) is 11.9 Å². The van der Waals surface area contributed by atoms with E-state index in [0.717, 1.165) is 34.4 Å². The van der Waals surface area contributed by atoms with Gasteiger partial charge in [0.15, 0.2) is 0 Å². The molecule has 1 unspecified atom stereocenters. The summed E-state index contributed by atoms with van der Waals surface area (Å²) in [6.07, 6.45) is 0.754. The molecule has 28 heavy (non-hydrogen) atoms. The van der Waals surface area contributed by atoms with Crippen molar-refractivity contribution in [2.75, 3.05) is 4.90 Å². The summed E-state index contributed by atoms with van der Waals surface area (Å²) in [4.78, 5) is 15.7. The molecule has 5 rings (SSSR count). The molecule has 0 aliphatic carbocycles. The number of nitrogens with zero attached hydrogens (tertiary/aromatic N) is 2. The van der Waals surface area contributed by atoms with Crippen molar-refractivity contribution in [2.24, 2.45) is 0 Å². The Bertz CT molecular complexity index is 1160. The van der Waals surface area contributed by atoms with Crippen LogP contribution in [0.4, 0.5) is 5.69 Å². The van der Waals surface area contributed by atoms with Gasteiger partial charge in [-0.1, -0.05) is 73.7 Å². The number of anilines is 1. The quantitative estimate of drug-likeness (QED) is 0.449. The van der Waals surface area contributed by atoms with Crippen molar-refractivity contribution >= 4 is 22.5 Å². The molecule has 3 nitrogen and oxygen atoms in total. The van der Waals surface area contributed by atoms with Crippen molar-refractivity contribution in [3.8, 4) is 11.3 Å². The maximum atomic E-state index is 13.8. The van der Waals surface area contributed by atoms with Crippen molar-refractivity contribution in [3.05, 3.63) is 90.5 Å². The van der Waals surface area contributed by atoms with Crippen LogP contribution in [-0.2, 0) is 11.3 Å². The molecular formula is C25H22N2O. The van der Waals surface area contributed by atoms with Crippen LogP contribution in [0.3, 0.4) is 0 Å². The summed E-state index contributed by atoms with van der Waals surface area (Å²) in [5, 5.41) is 1.18. The maximum Gasteiger partial charge on any atom is 0.250 e. The Labute approximate surface area is 164 Å². The maximum absolute atomic E-state index is 13.8. The fraction of sp³-hybridized carbons (Fsp3) is 0.160. The normalized spacial score (nSPS) is 16.0. The zero-order valence-electron chi connectivity index (χ0n) is 15.9. The first-order valence-electron chi connectivity index (χ1n) is 9.82. The van der Waals surface area contributed by atoms with Crippen molar-refractivity contribution in [1.82, 2.24) is 4.57 Å². The molecule has 1 atom stereocenters. The van der Waals surface area contributed by atoms with E-state index in [4.69, 9.17) is 0 Å². The van der Waals surface area contributed by atoms with Gasteiger partial charge in [0.1, 0.15) is 6.04 Å². The predicted octanol–water partition coefficient (Wildman–Crippen LogP) is 5.81. The first kappa shape index (κ1) is 16.8. The summed E-state index contributed by atoms with van der Waals surface area (Å²) in [5.41, 5.74) is 5.47. The van der Waals surface area contributed by atoms with Crippen LogP contribution in [0.1, 0.15) is 24.9 Å². The second kappa shape index (κ2) is 6.68. The minimum absolute atomic E-state index is 0.152. The van der Waals surface area contributed by atoms with Crippen LogP contribution in [0.15, 0.2) is 84.9 Å². The summed E-state index contributed by atoms with van der Waals surface area (Å²) >= 11 is 0. The average molecular weight is 366 g/mol. The largest absolute Gasteiger partial charge is 0.328 e. The van der Waals surface area contributed by atoms with Crippen LogP contribution < -0.4 is 4.90 Å². The van der Waals surface area contributed by atoms with E-state index in [0.29, 0.717) is 6.54 Å². The zero-order chi connectivity index (χ0) is 19.1.